The van der Waals surface area contributed by atoms with E-state index in [0.29, 0.717) is 5.69 Å². The molecule has 1 aromatic rings. The van der Waals surface area contributed by atoms with Crippen molar-refractivity contribution in [1.82, 2.24) is 4.90 Å². The highest BCUT2D eigenvalue weighted by molar-refractivity contribution is 6.60. The summed E-state index contributed by atoms with van der Waals surface area (Å²) in [7, 11) is -1.86. The zero-order chi connectivity index (χ0) is 17.9. The van der Waals surface area contributed by atoms with Crippen LogP contribution in [0.3, 0.4) is 0 Å². The number of benzene rings is 1. The first-order valence-corrected chi connectivity index (χ1v) is 7.06. The summed E-state index contributed by atoms with van der Waals surface area (Å²) in [6.45, 7) is 0.825. The summed E-state index contributed by atoms with van der Waals surface area (Å²) < 4.78 is 0. The summed E-state index contributed by atoms with van der Waals surface area (Å²) >= 11 is 0. The highest BCUT2D eigenvalue weighted by Crippen LogP contribution is 2.18. The van der Waals surface area contributed by atoms with Crippen LogP contribution in [-0.2, 0) is 14.4 Å². The van der Waals surface area contributed by atoms with Crippen molar-refractivity contribution in [1.29, 1.82) is 0 Å². The summed E-state index contributed by atoms with van der Waals surface area (Å²) in [6.07, 6.45) is 1.06. The van der Waals surface area contributed by atoms with E-state index >= 15 is 0 Å². The molecule has 24 heavy (non-hydrogen) atoms. The van der Waals surface area contributed by atoms with Crippen LogP contribution in [0.25, 0.3) is 0 Å². The lowest BCUT2D eigenvalue weighted by molar-refractivity contribution is -0.137. The van der Waals surface area contributed by atoms with E-state index in [0.717, 1.165) is 11.0 Å². The Morgan fingerprint density at radius 2 is 2.00 bits per heavy atom. The molecule has 0 saturated carbocycles. The molecule has 0 bridgehead atoms. The molecule has 0 spiro atoms. The van der Waals surface area contributed by atoms with Crippen molar-refractivity contribution in [3.05, 3.63) is 30.0 Å². The second-order valence-corrected chi connectivity index (χ2v) is 5.06. The fourth-order valence-electron chi connectivity index (χ4n) is 2.23. The van der Waals surface area contributed by atoms with Gasteiger partial charge in [-0.05, 0) is 18.2 Å². The van der Waals surface area contributed by atoms with Crippen LogP contribution in [0.1, 0.15) is 6.92 Å². The minimum Gasteiger partial charge on any atom is -0.423 e. The van der Waals surface area contributed by atoms with Crippen LogP contribution in [0.4, 0.5) is 11.4 Å². The number of rotatable bonds is 6. The van der Waals surface area contributed by atoms with Gasteiger partial charge in [-0.3, -0.25) is 19.3 Å². The SMILES string of the molecule is CC(=O)Nc1ccc(NC2=CC(=O)N(CCO)C2=O)c(B(O)O)c1. The number of imide groups is 1. The van der Waals surface area contributed by atoms with E-state index in [1.165, 1.54) is 25.1 Å². The Kier molecular flexibility index (Phi) is 5.34. The maximum absolute atomic E-state index is 12.1. The molecule has 9 nitrogen and oxygen atoms in total. The summed E-state index contributed by atoms with van der Waals surface area (Å²) in [5.41, 5.74) is 0.504. The number of nitrogens with zero attached hydrogens (tertiary/aromatic N) is 1. The molecule has 1 aliphatic rings. The number of nitrogens with one attached hydrogen (secondary N) is 2. The number of amides is 3. The summed E-state index contributed by atoms with van der Waals surface area (Å²) in [5, 5.41) is 33.0. The van der Waals surface area contributed by atoms with Crippen LogP contribution >= 0.6 is 0 Å². The van der Waals surface area contributed by atoms with Gasteiger partial charge in [-0.25, -0.2) is 0 Å². The summed E-state index contributed by atoms with van der Waals surface area (Å²) in [6, 6.07) is 4.28. The van der Waals surface area contributed by atoms with Crippen molar-refractivity contribution < 1.29 is 29.5 Å². The maximum atomic E-state index is 12.1. The largest absolute Gasteiger partial charge is 0.490 e. The van der Waals surface area contributed by atoms with Gasteiger partial charge in [-0.15, -0.1) is 0 Å². The first-order chi connectivity index (χ1) is 11.3. The highest BCUT2D eigenvalue weighted by atomic mass is 16.4. The Balaban J connectivity index is 2.26. The number of carbonyl (C=O) groups excluding carboxylic acids is 3. The van der Waals surface area contributed by atoms with E-state index in [1.807, 2.05) is 0 Å². The average molecular weight is 333 g/mol. The summed E-state index contributed by atoms with van der Waals surface area (Å²) in [5.74, 6) is -1.52. The zero-order valence-corrected chi connectivity index (χ0v) is 12.8. The zero-order valence-electron chi connectivity index (χ0n) is 12.8. The topological polar surface area (TPSA) is 139 Å². The van der Waals surface area contributed by atoms with E-state index in [9.17, 15) is 24.4 Å². The van der Waals surface area contributed by atoms with Gasteiger partial charge >= 0.3 is 7.12 Å². The third-order valence-corrected chi connectivity index (χ3v) is 3.25. The number of anilines is 2. The Bertz CT molecular complexity index is 718. The molecule has 126 valence electrons. The number of aliphatic hydroxyl groups excluding tert-OH is 1. The smallest absolute Gasteiger partial charge is 0.423 e. The Morgan fingerprint density at radius 3 is 2.58 bits per heavy atom. The lowest BCUT2D eigenvalue weighted by atomic mass is 9.78. The van der Waals surface area contributed by atoms with Gasteiger partial charge < -0.3 is 25.8 Å². The predicted molar refractivity (Wildman–Crippen MR) is 86.1 cm³/mol. The second kappa shape index (κ2) is 7.26. The Morgan fingerprint density at radius 1 is 1.29 bits per heavy atom. The average Bonchev–Trinajstić information content (AvgIpc) is 2.76. The normalized spacial score (nSPS) is 13.8. The van der Waals surface area contributed by atoms with Gasteiger partial charge in [0.2, 0.25) is 5.91 Å². The maximum Gasteiger partial charge on any atom is 0.490 e. The minimum atomic E-state index is -1.86. The van der Waals surface area contributed by atoms with Gasteiger partial charge in [-0.2, -0.15) is 0 Å². The van der Waals surface area contributed by atoms with Gasteiger partial charge in [-0.1, -0.05) is 0 Å². The molecule has 1 aromatic carbocycles. The monoisotopic (exact) mass is 333 g/mol. The summed E-state index contributed by atoms with van der Waals surface area (Å²) in [4.78, 5) is 35.7. The first kappa shape index (κ1) is 17.7. The molecule has 1 aliphatic heterocycles. The lowest BCUT2D eigenvalue weighted by Gasteiger charge is -2.16. The fourth-order valence-corrected chi connectivity index (χ4v) is 2.23. The molecular weight excluding hydrogens is 317 g/mol. The standard InChI is InChI=1S/C14H16BN3O6/c1-8(20)16-9-2-3-11(10(6-9)15(23)24)17-12-7-13(21)18(4-5-19)14(12)22/h2-3,6-7,17,19,23-24H,4-5H2,1H3,(H,16,20). The molecule has 0 atom stereocenters. The van der Waals surface area contributed by atoms with Crippen LogP contribution in [0.5, 0.6) is 0 Å². The molecule has 0 radical (unpaired) electrons. The van der Waals surface area contributed by atoms with Crippen molar-refractivity contribution in [3.63, 3.8) is 0 Å². The third kappa shape index (κ3) is 3.80. The van der Waals surface area contributed by atoms with Crippen molar-refractivity contribution in [2.45, 2.75) is 6.92 Å². The third-order valence-electron chi connectivity index (χ3n) is 3.25. The molecule has 1 heterocycles. The number of hydrogen-bond donors (Lipinski definition) is 5. The molecule has 10 heteroatoms. The van der Waals surface area contributed by atoms with Gasteiger partial charge in [0.25, 0.3) is 11.8 Å². The van der Waals surface area contributed by atoms with Crippen LogP contribution in [0.15, 0.2) is 30.0 Å². The molecule has 0 unspecified atom stereocenters. The quantitative estimate of drug-likeness (QED) is 0.299. The van der Waals surface area contributed by atoms with Crippen LogP contribution in [0.2, 0.25) is 0 Å². The Labute approximate surface area is 137 Å². The van der Waals surface area contributed by atoms with Crippen LogP contribution in [0, 0.1) is 0 Å². The molecule has 2 rings (SSSR count). The molecule has 0 aromatic heterocycles. The fraction of sp³-hybridized carbons (Fsp3) is 0.214. The van der Waals surface area contributed by atoms with E-state index in [1.54, 1.807) is 0 Å². The molecule has 0 saturated heterocycles. The van der Waals surface area contributed by atoms with Crippen LogP contribution < -0.4 is 16.1 Å². The van der Waals surface area contributed by atoms with E-state index in [4.69, 9.17) is 5.11 Å². The van der Waals surface area contributed by atoms with Crippen molar-refractivity contribution >= 4 is 41.7 Å². The lowest BCUT2D eigenvalue weighted by Crippen LogP contribution is -2.36. The van der Waals surface area contributed by atoms with E-state index in [2.05, 4.69) is 10.6 Å². The molecular formula is C14H16BN3O6. The van der Waals surface area contributed by atoms with E-state index in [-0.39, 0.29) is 35.9 Å². The van der Waals surface area contributed by atoms with Crippen molar-refractivity contribution in [2.24, 2.45) is 0 Å². The van der Waals surface area contributed by atoms with Crippen molar-refractivity contribution in [2.75, 3.05) is 23.8 Å². The van der Waals surface area contributed by atoms with Gasteiger partial charge in [0.15, 0.2) is 0 Å². The number of hydrogen-bond acceptors (Lipinski definition) is 7. The number of carbonyl (C=O) groups is 3. The number of aliphatic hydroxyl groups is 1. The molecule has 5 N–H and O–H groups in total. The van der Waals surface area contributed by atoms with Crippen LogP contribution in [-0.4, -0.2) is 58.0 Å². The first-order valence-electron chi connectivity index (χ1n) is 7.06. The molecule has 0 aliphatic carbocycles. The van der Waals surface area contributed by atoms with E-state index < -0.39 is 18.9 Å². The number of β-amino-alcohol motifs (C(OH)–C–C–N with tert-alkyl or cyclic N) is 1. The molecule has 3 amide bonds. The highest BCUT2D eigenvalue weighted by Gasteiger charge is 2.31. The molecule has 0 fully saturated rings. The second-order valence-electron chi connectivity index (χ2n) is 5.06. The van der Waals surface area contributed by atoms with Gasteiger partial charge in [0, 0.05) is 29.8 Å². The Hall–Kier alpha value is -2.69. The van der Waals surface area contributed by atoms with Gasteiger partial charge in [0.05, 0.1) is 13.2 Å². The van der Waals surface area contributed by atoms with Crippen molar-refractivity contribution in [3.8, 4) is 0 Å². The minimum absolute atomic E-state index is 0.0167. The van der Waals surface area contributed by atoms with Gasteiger partial charge in [0.1, 0.15) is 5.70 Å². The predicted octanol–water partition coefficient (Wildman–Crippen LogP) is -2.02.